The molecule has 5 nitrogen and oxygen atoms in total. The average molecular weight is 598 g/mol. The van der Waals surface area contributed by atoms with Crippen LogP contribution in [-0.2, 0) is 5.54 Å². The minimum absolute atomic E-state index is 0.294. The smallest absolute Gasteiger partial charge is 0.138 e. The van der Waals surface area contributed by atoms with E-state index in [0.717, 1.165) is 55.9 Å². The third-order valence-electron chi connectivity index (χ3n) is 8.50. The molecule has 0 aliphatic heterocycles. The molecule has 0 radical (unpaired) electrons. The second kappa shape index (κ2) is 11.4. The Kier molecular flexibility index (Phi) is 6.80. The van der Waals surface area contributed by atoms with E-state index in [4.69, 9.17) is 5.10 Å². The van der Waals surface area contributed by atoms with Crippen molar-refractivity contribution in [1.82, 2.24) is 24.3 Å². The highest BCUT2D eigenvalue weighted by Crippen LogP contribution is 2.43. The van der Waals surface area contributed by atoms with Gasteiger partial charge < -0.3 is 0 Å². The van der Waals surface area contributed by atoms with Gasteiger partial charge in [0.15, 0.2) is 0 Å². The third kappa shape index (κ3) is 4.59. The summed E-state index contributed by atoms with van der Waals surface area (Å²) in [6, 6.07) is 50.0. The van der Waals surface area contributed by atoms with Crippen LogP contribution in [0, 0.1) is 5.82 Å². The van der Waals surface area contributed by atoms with Gasteiger partial charge in [-0.1, -0.05) is 103 Å². The molecule has 0 unspecified atom stereocenters. The van der Waals surface area contributed by atoms with Crippen LogP contribution in [0.15, 0.2) is 170 Å². The lowest BCUT2D eigenvalue weighted by Crippen LogP contribution is -2.38. The van der Waals surface area contributed by atoms with Crippen molar-refractivity contribution in [3.05, 3.63) is 193 Å². The molecule has 0 fully saturated rings. The lowest BCUT2D eigenvalue weighted by Gasteiger charge is -2.36. The molecule has 5 aromatic carbocycles. The molecule has 8 aromatic rings. The molecular formula is C40H28FN5. The molecule has 220 valence electrons. The van der Waals surface area contributed by atoms with Gasteiger partial charge in [-0.3, -0.25) is 9.25 Å². The van der Waals surface area contributed by atoms with Gasteiger partial charge in [-0.05, 0) is 70.8 Å². The molecular weight excluding hydrogens is 569 g/mol. The maximum Gasteiger partial charge on any atom is 0.138 e. The number of hydrogen-bond donors (Lipinski definition) is 0. The predicted molar refractivity (Wildman–Crippen MR) is 180 cm³/mol. The van der Waals surface area contributed by atoms with Crippen LogP contribution in [0.4, 0.5) is 4.39 Å². The zero-order valence-electron chi connectivity index (χ0n) is 24.8. The van der Waals surface area contributed by atoms with E-state index < -0.39 is 5.54 Å². The second-order valence-corrected chi connectivity index (χ2v) is 11.2. The normalized spacial score (nSPS) is 11.6. The molecule has 46 heavy (non-hydrogen) atoms. The van der Waals surface area contributed by atoms with Crippen LogP contribution < -0.4 is 0 Å². The Morgan fingerprint density at radius 1 is 0.565 bits per heavy atom. The summed E-state index contributed by atoms with van der Waals surface area (Å²) in [5, 5.41) is 5.40. The molecule has 0 amide bonds. The Bertz CT molecular complexity index is 2150. The fourth-order valence-corrected chi connectivity index (χ4v) is 6.37. The van der Waals surface area contributed by atoms with Crippen LogP contribution in [0.5, 0.6) is 0 Å². The van der Waals surface area contributed by atoms with E-state index >= 15 is 0 Å². The van der Waals surface area contributed by atoms with Crippen LogP contribution in [0.1, 0.15) is 16.7 Å². The van der Waals surface area contributed by atoms with Crippen molar-refractivity contribution in [2.45, 2.75) is 5.54 Å². The highest BCUT2D eigenvalue weighted by Gasteiger charge is 2.40. The Labute approximate surface area is 265 Å². The molecule has 6 heteroatoms. The minimum Gasteiger partial charge on any atom is -0.283 e. The molecule has 3 aromatic heterocycles. The van der Waals surface area contributed by atoms with Crippen molar-refractivity contribution in [3.63, 3.8) is 0 Å². The molecule has 0 aliphatic rings. The first-order valence-corrected chi connectivity index (χ1v) is 15.1. The SMILES string of the molecule is Fc1ccc(-c2nn(C(c3ccccc3)(c3ccccc3)c3ccccc3)cc2-c2ccc3ncn(-c4ccccn4)c3c2)cc1. The van der Waals surface area contributed by atoms with Crippen LogP contribution in [0.25, 0.3) is 39.2 Å². The van der Waals surface area contributed by atoms with Gasteiger partial charge >= 0.3 is 0 Å². The summed E-state index contributed by atoms with van der Waals surface area (Å²) < 4.78 is 18.2. The van der Waals surface area contributed by atoms with Gasteiger partial charge in [0, 0.05) is 23.5 Å². The molecule has 0 spiro atoms. The largest absolute Gasteiger partial charge is 0.283 e. The van der Waals surface area contributed by atoms with Gasteiger partial charge in [0.2, 0.25) is 0 Å². The summed E-state index contributed by atoms with van der Waals surface area (Å²) in [5.41, 5.74) is 7.60. The number of benzene rings is 5. The predicted octanol–water partition coefficient (Wildman–Crippen LogP) is 8.93. The van der Waals surface area contributed by atoms with Crippen LogP contribution >= 0.6 is 0 Å². The molecule has 0 saturated heterocycles. The van der Waals surface area contributed by atoms with E-state index in [9.17, 15) is 4.39 Å². The van der Waals surface area contributed by atoms with Crippen LogP contribution in [0.3, 0.4) is 0 Å². The van der Waals surface area contributed by atoms with E-state index in [2.05, 4.69) is 106 Å². The van der Waals surface area contributed by atoms with E-state index in [0.29, 0.717) is 0 Å². The minimum atomic E-state index is -0.809. The van der Waals surface area contributed by atoms with E-state index in [1.54, 1.807) is 24.7 Å². The van der Waals surface area contributed by atoms with Crippen molar-refractivity contribution < 1.29 is 4.39 Å². The highest BCUT2D eigenvalue weighted by atomic mass is 19.1. The van der Waals surface area contributed by atoms with Crippen molar-refractivity contribution in [1.29, 1.82) is 0 Å². The maximum atomic E-state index is 14.2. The molecule has 0 aliphatic carbocycles. The Hall–Kier alpha value is -6.14. The number of imidazole rings is 1. The van der Waals surface area contributed by atoms with Gasteiger partial charge in [0.25, 0.3) is 0 Å². The zero-order chi connectivity index (χ0) is 30.9. The van der Waals surface area contributed by atoms with E-state index in [1.165, 1.54) is 12.1 Å². The number of fused-ring (bicyclic) bond motifs is 1. The summed E-state index contributed by atoms with van der Waals surface area (Å²) >= 11 is 0. The molecule has 0 bridgehead atoms. The van der Waals surface area contributed by atoms with Crippen LogP contribution in [-0.4, -0.2) is 24.3 Å². The highest BCUT2D eigenvalue weighted by molar-refractivity contribution is 5.88. The third-order valence-corrected chi connectivity index (χ3v) is 8.50. The first-order valence-electron chi connectivity index (χ1n) is 15.1. The van der Waals surface area contributed by atoms with Gasteiger partial charge in [-0.15, -0.1) is 0 Å². The molecule has 8 rings (SSSR count). The van der Waals surface area contributed by atoms with Gasteiger partial charge in [0.05, 0.1) is 11.0 Å². The Morgan fingerprint density at radius 2 is 1.15 bits per heavy atom. The number of nitrogens with zero attached hydrogens (tertiary/aromatic N) is 5. The second-order valence-electron chi connectivity index (χ2n) is 11.2. The Balaban J connectivity index is 1.43. The summed E-state index contributed by atoms with van der Waals surface area (Å²) in [6.07, 6.45) is 5.69. The lowest BCUT2D eigenvalue weighted by atomic mass is 9.77. The lowest BCUT2D eigenvalue weighted by molar-refractivity contribution is 0.461. The van der Waals surface area contributed by atoms with Crippen molar-refractivity contribution in [3.8, 4) is 28.2 Å². The monoisotopic (exact) mass is 597 g/mol. The standard InChI is InChI=1S/C40H28FN5/c41-34-22-19-29(20-23-34)39-35(30-21-24-36-37(26-30)45(28-43-36)38-18-10-11-25-42-38)27-46(44-39)40(31-12-4-1-5-13-31,32-14-6-2-7-15-32)33-16-8-3-9-17-33/h1-28H. The summed E-state index contributed by atoms with van der Waals surface area (Å²) in [7, 11) is 0. The molecule has 0 atom stereocenters. The maximum absolute atomic E-state index is 14.2. The number of pyridine rings is 1. The first kappa shape index (κ1) is 27.4. The molecule has 0 N–H and O–H groups in total. The van der Waals surface area contributed by atoms with Gasteiger partial charge in [-0.2, -0.15) is 5.10 Å². The van der Waals surface area contributed by atoms with E-state index in [-0.39, 0.29) is 5.82 Å². The van der Waals surface area contributed by atoms with E-state index in [1.807, 2.05) is 47.0 Å². The van der Waals surface area contributed by atoms with Crippen LogP contribution in [0.2, 0.25) is 0 Å². The van der Waals surface area contributed by atoms with Crippen molar-refractivity contribution in [2.24, 2.45) is 0 Å². The van der Waals surface area contributed by atoms with Gasteiger partial charge in [0.1, 0.15) is 29.2 Å². The van der Waals surface area contributed by atoms with Crippen molar-refractivity contribution >= 4 is 11.0 Å². The number of rotatable bonds is 7. The topological polar surface area (TPSA) is 48.5 Å². The molecule has 0 saturated carbocycles. The Morgan fingerprint density at radius 3 is 1.74 bits per heavy atom. The summed E-state index contributed by atoms with van der Waals surface area (Å²) in [6.45, 7) is 0. The summed E-state index contributed by atoms with van der Waals surface area (Å²) in [5.74, 6) is 0.491. The summed E-state index contributed by atoms with van der Waals surface area (Å²) in [4.78, 5) is 9.20. The first-order chi connectivity index (χ1) is 22.7. The average Bonchev–Trinajstić information content (AvgIpc) is 3.76. The fourth-order valence-electron chi connectivity index (χ4n) is 6.37. The molecule has 3 heterocycles. The number of halogens is 1. The zero-order valence-corrected chi connectivity index (χ0v) is 24.8. The number of aromatic nitrogens is 5. The van der Waals surface area contributed by atoms with Crippen molar-refractivity contribution in [2.75, 3.05) is 0 Å². The van der Waals surface area contributed by atoms with Gasteiger partial charge in [-0.25, -0.2) is 14.4 Å². The quantitative estimate of drug-likeness (QED) is 0.172. The fraction of sp³-hybridized carbons (Fsp3) is 0.0250. The number of hydrogen-bond acceptors (Lipinski definition) is 3.